The average molecular weight is 679 g/mol. The molecule has 0 N–H and O–H groups in total. The van der Waals surface area contributed by atoms with Gasteiger partial charge < -0.3 is 4.57 Å². The molecular weight excluding hydrogens is 649 g/mol. The van der Waals surface area contributed by atoms with Crippen molar-refractivity contribution in [2.75, 3.05) is 4.90 Å². The molecule has 3 aromatic heterocycles. The molecule has 0 bridgehead atoms. The van der Waals surface area contributed by atoms with Crippen molar-refractivity contribution in [3.05, 3.63) is 144 Å². The van der Waals surface area contributed by atoms with Crippen LogP contribution in [0, 0.1) is 27.7 Å². The summed E-state index contributed by atoms with van der Waals surface area (Å²) in [5.74, 6) is 2.57. The number of imide groups is 1. The Morgan fingerprint density at radius 3 is 1.54 bits per heavy atom. The smallest absolute Gasteiger partial charge is 0.268 e. The van der Waals surface area contributed by atoms with Crippen LogP contribution in [0.25, 0.3) is 61.4 Å². The molecule has 0 saturated carbocycles. The van der Waals surface area contributed by atoms with Crippen molar-refractivity contribution in [1.82, 2.24) is 34.5 Å². The first kappa shape index (κ1) is 31.1. The first-order valence-electron chi connectivity index (χ1n) is 16.9. The number of fused-ring (bicyclic) bond motifs is 4. The number of para-hydroxylation sites is 2. The quantitative estimate of drug-likeness (QED) is 0.167. The van der Waals surface area contributed by atoms with Gasteiger partial charge in [-0.3, -0.25) is 9.59 Å². The lowest BCUT2D eigenvalue weighted by Gasteiger charge is -2.17. The Morgan fingerprint density at radius 2 is 0.962 bits per heavy atom. The second kappa shape index (κ2) is 11.8. The highest BCUT2D eigenvalue weighted by Gasteiger charge is 2.40. The molecule has 1 aliphatic heterocycles. The number of carbonyl (C=O) groups excluding carboxylic acids is 2. The van der Waals surface area contributed by atoms with Gasteiger partial charge in [-0.2, -0.15) is 0 Å². The Kier molecular flexibility index (Phi) is 7.08. The number of aromatic nitrogens is 7. The minimum atomic E-state index is -0.413. The van der Waals surface area contributed by atoms with Crippen LogP contribution in [0.1, 0.15) is 44.0 Å². The number of benzene rings is 5. The van der Waals surface area contributed by atoms with E-state index in [0.717, 1.165) is 44.1 Å². The van der Waals surface area contributed by atoms with Gasteiger partial charge in [0.2, 0.25) is 0 Å². The Morgan fingerprint density at radius 1 is 0.462 bits per heavy atom. The number of nitrogens with zero attached hydrogens (tertiary/aromatic N) is 8. The minimum Gasteiger partial charge on any atom is -0.307 e. The summed E-state index contributed by atoms with van der Waals surface area (Å²) in [7, 11) is 0. The van der Waals surface area contributed by atoms with Crippen molar-refractivity contribution in [2.45, 2.75) is 27.7 Å². The topological polar surface area (TPSA) is 120 Å². The lowest BCUT2D eigenvalue weighted by atomic mass is 10.0. The third kappa shape index (κ3) is 4.87. The van der Waals surface area contributed by atoms with Crippen LogP contribution in [-0.2, 0) is 0 Å². The molecule has 0 radical (unpaired) electrons. The maximum Gasteiger partial charge on any atom is 0.268 e. The van der Waals surface area contributed by atoms with E-state index in [2.05, 4.69) is 9.97 Å². The summed E-state index contributed by atoms with van der Waals surface area (Å²) in [6.45, 7) is 7.36. The standard InChI is InChI=1S/C42H30N8O2/c1-23-43-24(2)46-39(45-23)33-19-9-16-30-31-17-10-20-34(40-47-25(3)44-26(4)48-40)38(31)50(37(30)33)35-21-11-18-32-36(35)42(52)49(41(32)51)29-15-8-14-28(22-29)27-12-6-5-7-13-27/h5-22H,1-4H3. The van der Waals surface area contributed by atoms with Crippen molar-refractivity contribution in [1.29, 1.82) is 0 Å². The highest BCUT2D eigenvalue weighted by atomic mass is 16.2. The molecule has 8 aromatic rings. The molecule has 10 nitrogen and oxygen atoms in total. The van der Waals surface area contributed by atoms with E-state index in [1.165, 1.54) is 4.90 Å². The summed E-state index contributed by atoms with van der Waals surface area (Å²) in [5.41, 5.74) is 6.58. The zero-order valence-corrected chi connectivity index (χ0v) is 28.8. The zero-order valence-electron chi connectivity index (χ0n) is 28.8. The molecule has 0 aliphatic carbocycles. The largest absolute Gasteiger partial charge is 0.307 e. The fraction of sp³-hybridized carbons (Fsp3) is 0.0952. The van der Waals surface area contributed by atoms with Gasteiger partial charge in [0.05, 0.1) is 33.5 Å². The molecular formula is C42H30N8O2. The molecule has 9 rings (SSSR count). The van der Waals surface area contributed by atoms with E-state index in [4.69, 9.17) is 19.9 Å². The van der Waals surface area contributed by atoms with Crippen LogP contribution in [0.15, 0.2) is 109 Å². The fourth-order valence-electron chi connectivity index (χ4n) is 7.33. The van der Waals surface area contributed by atoms with Crippen molar-refractivity contribution in [2.24, 2.45) is 0 Å². The molecule has 5 aromatic carbocycles. The van der Waals surface area contributed by atoms with E-state index in [-0.39, 0.29) is 5.91 Å². The molecule has 0 atom stereocenters. The molecule has 0 spiro atoms. The van der Waals surface area contributed by atoms with Crippen molar-refractivity contribution in [3.63, 3.8) is 0 Å². The SMILES string of the molecule is Cc1nc(C)nc(-c2cccc3c4cccc(-c5nc(C)nc(C)n5)c4n(-c4cccc5c4C(=O)N(c4cccc(-c6ccccc6)c4)C5=O)c23)n1. The fourth-order valence-corrected chi connectivity index (χ4v) is 7.33. The van der Waals surface area contributed by atoms with Gasteiger partial charge in [0.25, 0.3) is 11.8 Å². The van der Waals surface area contributed by atoms with E-state index in [0.29, 0.717) is 57.4 Å². The summed E-state index contributed by atoms with van der Waals surface area (Å²) in [5, 5.41) is 1.82. The van der Waals surface area contributed by atoms with Crippen LogP contribution in [0.3, 0.4) is 0 Å². The summed E-state index contributed by atoms with van der Waals surface area (Å²) in [6, 6.07) is 34.8. The number of rotatable bonds is 5. The van der Waals surface area contributed by atoms with E-state index >= 15 is 0 Å². The highest BCUT2D eigenvalue weighted by molar-refractivity contribution is 6.36. The summed E-state index contributed by atoms with van der Waals surface area (Å²) < 4.78 is 2.05. The molecule has 2 amide bonds. The first-order chi connectivity index (χ1) is 25.3. The third-order valence-corrected chi connectivity index (χ3v) is 9.35. The van der Waals surface area contributed by atoms with Crippen LogP contribution in [0.5, 0.6) is 0 Å². The van der Waals surface area contributed by atoms with Crippen molar-refractivity contribution < 1.29 is 9.59 Å². The van der Waals surface area contributed by atoms with Gasteiger partial charge in [-0.25, -0.2) is 34.8 Å². The van der Waals surface area contributed by atoms with Gasteiger partial charge in [-0.05, 0) is 75.2 Å². The molecule has 250 valence electrons. The normalized spacial score (nSPS) is 12.7. The van der Waals surface area contributed by atoms with Crippen LogP contribution >= 0.6 is 0 Å². The molecule has 10 heteroatoms. The predicted octanol–water partition coefficient (Wildman–Crippen LogP) is 8.19. The van der Waals surface area contributed by atoms with E-state index < -0.39 is 5.91 Å². The van der Waals surface area contributed by atoms with Crippen LogP contribution < -0.4 is 4.90 Å². The third-order valence-electron chi connectivity index (χ3n) is 9.35. The van der Waals surface area contributed by atoms with Crippen LogP contribution in [-0.4, -0.2) is 46.3 Å². The number of amides is 2. The Bertz CT molecular complexity index is 2640. The predicted molar refractivity (Wildman–Crippen MR) is 200 cm³/mol. The van der Waals surface area contributed by atoms with Crippen LogP contribution in [0.4, 0.5) is 5.69 Å². The first-order valence-corrected chi connectivity index (χ1v) is 16.9. The number of carbonyl (C=O) groups is 2. The van der Waals surface area contributed by atoms with Crippen molar-refractivity contribution >= 4 is 39.3 Å². The molecule has 0 saturated heterocycles. The van der Waals surface area contributed by atoms with Gasteiger partial charge in [-0.1, -0.05) is 72.8 Å². The average Bonchev–Trinajstić information content (AvgIpc) is 3.62. The second-order valence-corrected chi connectivity index (χ2v) is 12.8. The van der Waals surface area contributed by atoms with Gasteiger partial charge in [0, 0.05) is 21.9 Å². The van der Waals surface area contributed by atoms with E-state index in [1.807, 2.05) is 129 Å². The van der Waals surface area contributed by atoms with Crippen molar-refractivity contribution in [3.8, 4) is 39.6 Å². The molecule has 52 heavy (non-hydrogen) atoms. The number of anilines is 1. The zero-order chi connectivity index (χ0) is 35.7. The molecule has 0 fully saturated rings. The lowest BCUT2D eigenvalue weighted by Crippen LogP contribution is -2.29. The van der Waals surface area contributed by atoms with Gasteiger partial charge in [-0.15, -0.1) is 0 Å². The van der Waals surface area contributed by atoms with Gasteiger partial charge in [0.1, 0.15) is 23.3 Å². The lowest BCUT2D eigenvalue weighted by molar-refractivity contribution is 0.0926. The number of aryl methyl sites for hydroxylation is 4. The summed E-state index contributed by atoms with van der Waals surface area (Å²) >= 11 is 0. The Hall–Kier alpha value is -6.94. The Labute approximate surface area is 298 Å². The monoisotopic (exact) mass is 678 g/mol. The highest BCUT2D eigenvalue weighted by Crippen LogP contribution is 2.43. The van der Waals surface area contributed by atoms with E-state index in [9.17, 15) is 9.59 Å². The summed E-state index contributed by atoms with van der Waals surface area (Å²) in [6.07, 6.45) is 0. The minimum absolute atomic E-state index is 0.298. The van der Waals surface area contributed by atoms with Gasteiger partial charge >= 0.3 is 0 Å². The van der Waals surface area contributed by atoms with Crippen LogP contribution in [0.2, 0.25) is 0 Å². The summed E-state index contributed by atoms with van der Waals surface area (Å²) in [4.78, 5) is 58.1. The molecule has 4 heterocycles. The maximum atomic E-state index is 14.8. The Balaban J connectivity index is 1.35. The molecule has 0 unspecified atom stereocenters. The van der Waals surface area contributed by atoms with Gasteiger partial charge in [0.15, 0.2) is 11.6 Å². The van der Waals surface area contributed by atoms with E-state index in [1.54, 1.807) is 12.1 Å². The molecule has 1 aliphatic rings. The maximum absolute atomic E-state index is 14.8. The number of hydrogen-bond acceptors (Lipinski definition) is 8. The second-order valence-electron chi connectivity index (χ2n) is 12.8. The number of hydrogen-bond donors (Lipinski definition) is 0.